The van der Waals surface area contributed by atoms with E-state index in [2.05, 4.69) is 48.7 Å². The second kappa shape index (κ2) is 7.07. The summed E-state index contributed by atoms with van der Waals surface area (Å²) in [5, 5.41) is 3.06. The summed E-state index contributed by atoms with van der Waals surface area (Å²) in [6.45, 7) is 2.75. The molecule has 1 N–H and O–H groups in total. The highest BCUT2D eigenvalue weighted by molar-refractivity contribution is 7.13. The van der Waals surface area contributed by atoms with Crippen LogP contribution in [-0.4, -0.2) is 18.2 Å². The minimum Gasteiger partial charge on any atom is -0.447 e. The van der Waals surface area contributed by atoms with Crippen molar-refractivity contribution in [3.8, 4) is 11.1 Å². The average molecular weight is 394 g/mol. The van der Waals surface area contributed by atoms with E-state index in [0.717, 1.165) is 38.5 Å². The average Bonchev–Trinajstić information content (AvgIpc) is 3.40. The van der Waals surface area contributed by atoms with Gasteiger partial charge in [0, 0.05) is 9.75 Å². The number of ether oxygens (including phenoxy) is 1. The monoisotopic (exact) mass is 393 g/mol. The number of nitrogens with one attached hydrogen (secondary N) is 1. The van der Waals surface area contributed by atoms with E-state index in [-0.39, 0.29) is 11.6 Å². The zero-order valence-corrected chi connectivity index (χ0v) is 17.2. The number of aryl methyl sites for hydroxylation is 2. The molecule has 146 valence electrons. The fraction of sp³-hybridized carbons (Fsp3) is 0.458. The van der Waals surface area contributed by atoms with Crippen molar-refractivity contribution < 1.29 is 9.53 Å². The van der Waals surface area contributed by atoms with Crippen molar-refractivity contribution >= 4 is 23.5 Å². The first-order valence-electron chi connectivity index (χ1n) is 10.5. The standard InChI is InChI=1S/C24H27NO2S/c1-2-3-4-5-19-13-21-20-8-6-16(12-17(20)7-9-22(21)28-19)18-10-11-24(14-18)15-27-23(26)25-24/h4-6,8,12-13,18H,2-3,7,9-11,14-15H2,1H3,(H,25,26)/t18-,24+/m0/s1. The fourth-order valence-corrected chi connectivity index (χ4v) is 6.15. The van der Waals surface area contributed by atoms with E-state index in [9.17, 15) is 4.79 Å². The summed E-state index contributed by atoms with van der Waals surface area (Å²) in [5.41, 5.74) is 5.64. The van der Waals surface area contributed by atoms with Crippen molar-refractivity contribution in [1.29, 1.82) is 0 Å². The molecule has 1 aromatic heterocycles. The minimum atomic E-state index is -0.250. The molecule has 5 rings (SSSR count). The molecule has 28 heavy (non-hydrogen) atoms. The lowest BCUT2D eigenvalue weighted by molar-refractivity contribution is 0.172. The molecule has 1 aromatic carbocycles. The Hall–Kier alpha value is -2.07. The zero-order chi connectivity index (χ0) is 19.1. The molecule has 2 aliphatic carbocycles. The maximum Gasteiger partial charge on any atom is 0.407 e. The first kappa shape index (κ1) is 18.0. The Morgan fingerprint density at radius 1 is 1.29 bits per heavy atom. The maximum absolute atomic E-state index is 11.5. The van der Waals surface area contributed by atoms with E-state index < -0.39 is 0 Å². The number of alkyl carbamates (subject to hydrolysis) is 1. The van der Waals surface area contributed by atoms with Gasteiger partial charge in [-0.05, 0) is 78.8 Å². The van der Waals surface area contributed by atoms with Gasteiger partial charge in [-0.25, -0.2) is 4.79 Å². The van der Waals surface area contributed by atoms with Crippen molar-refractivity contribution in [2.24, 2.45) is 0 Å². The van der Waals surface area contributed by atoms with Crippen LogP contribution in [0.5, 0.6) is 0 Å². The third-order valence-electron chi connectivity index (χ3n) is 6.53. The molecule has 2 fully saturated rings. The lowest BCUT2D eigenvalue weighted by atomic mass is 9.85. The largest absolute Gasteiger partial charge is 0.447 e. The van der Waals surface area contributed by atoms with Crippen LogP contribution in [0.2, 0.25) is 0 Å². The summed E-state index contributed by atoms with van der Waals surface area (Å²) >= 11 is 1.95. The Bertz CT molecular complexity index is 944. The van der Waals surface area contributed by atoms with E-state index in [0.29, 0.717) is 12.5 Å². The zero-order valence-electron chi connectivity index (χ0n) is 16.4. The van der Waals surface area contributed by atoms with Crippen LogP contribution in [-0.2, 0) is 17.6 Å². The van der Waals surface area contributed by atoms with Crippen LogP contribution in [0.1, 0.15) is 65.8 Å². The third kappa shape index (κ3) is 3.18. The van der Waals surface area contributed by atoms with Gasteiger partial charge in [-0.1, -0.05) is 37.6 Å². The summed E-state index contributed by atoms with van der Waals surface area (Å²) in [4.78, 5) is 14.4. The van der Waals surface area contributed by atoms with Crippen LogP contribution in [0.25, 0.3) is 17.2 Å². The molecular weight excluding hydrogens is 366 g/mol. The van der Waals surface area contributed by atoms with Gasteiger partial charge in [0.25, 0.3) is 0 Å². The smallest absolute Gasteiger partial charge is 0.407 e. The van der Waals surface area contributed by atoms with Crippen molar-refractivity contribution in [1.82, 2.24) is 5.32 Å². The number of rotatable bonds is 4. The molecule has 4 heteroatoms. The molecule has 3 nitrogen and oxygen atoms in total. The van der Waals surface area contributed by atoms with Gasteiger partial charge in [0.1, 0.15) is 6.61 Å². The Morgan fingerprint density at radius 2 is 2.21 bits per heavy atom. The highest BCUT2D eigenvalue weighted by atomic mass is 32.1. The normalized spacial score (nSPS) is 25.8. The summed E-state index contributed by atoms with van der Waals surface area (Å²) in [6, 6.07) is 9.47. The summed E-state index contributed by atoms with van der Waals surface area (Å²) in [7, 11) is 0. The van der Waals surface area contributed by atoms with E-state index in [4.69, 9.17) is 4.74 Å². The number of allylic oxidation sites excluding steroid dienone is 1. The number of carbonyl (C=O) groups is 1. The molecule has 2 aromatic rings. The number of benzene rings is 1. The van der Waals surface area contributed by atoms with Gasteiger partial charge in [-0.3, -0.25) is 0 Å². The number of carbonyl (C=O) groups excluding carboxylic acids is 1. The number of cyclic esters (lactones) is 1. The number of amides is 1. The molecule has 1 aliphatic heterocycles. The van der Waals surface area contributed by atoms with Crippen LogP contribution < -0.4 is 5.32 Å². The lowest BCUT2D eigenvalue weighted by Gasteiger charge is -2.22. The molecule has 0 bridgehead atoms. The molecular formula is C24H27NO2S. The van der Waals surface area contributed by atoms with Gasteiger partial charge < -0.3 is 10.1 Å². The molecule has 2 heterocycles. The molecule has 1 saturated carbocycles. The van der Waals surface area contributed by atoms with Crippen LogP contribution >= 0.6 is 11.3 Å². The van der Waals surface area contributed by atoms with E-state index in [1.165, 1.54) is 38.4 Å². The lowest BCUT2D eigenvalue weighted by Crippen LogP contribution is -2.40. The van der Waals surface area contributed by atoms with Gasteiger partial charge in [0.15, 0.2) is 0 Å². The number of hydrogen-bond donors (Lipinski definition) is 1. The van der Waals surface area contributed by atoms with Gasteiger partial charge in [-0.15, -0.1) is 11.3 Å². The van der Waals surface area contributed by atoms with Gasteiger partial charge in [0.05, 0.1) is 5.54 Å². The van der Waals surface area contributed by atoms with E-state index in [1.807, 2.05) is 11.3 Å². The van der Waals surface area contributed by atoms with E-state index in [1.54, 1.807) is 0 Å². The summed E-state index contributed by atoms with van der Waals surface area (Å²) in [5.74, 6) is 0.517. The predicted octanol–water partition coefficient (Wildman–Crippen LogP) is 6.07. The molecule has 0 radical (unpaired) electrons. The van der Waals surface area contributed by atoms with Gasteiger partial charge in [-0.2, -0.15) is 0 Å². The van der Waals surface area contributed by atoms with Crippen LogP contribution in [0, 0.1) is 0 Å². The Labute approximate surface area is 170 Å². The first-order chi connectivity index (χ1) is 13.7. The SMILES string of the molecule is CCCC=Cc1cc2c(s1)CCc1cc([C@H]3CC[C@]4(COC(=O)N4)C3)ccc1-2. The van der Waals surface area contributed by atoms with Gasteiger partial charge >= 0.3 is 6.09 Å². The Balaban J connectivity index is 1.38. The van der Waals surface area contributed by atoms with Crippen LogP contribution in [0.15, 0.2) is 30.3 Å². The molecule has 1 saturated heterocycles. The first-order valence-corrected chi connectivity index (χ1v) is 11.3. The fourth-order valence-electron chi connectivity index (χ4n) is 5.04. The Kier molecular flexibility index (Phi) is 4.54. The quantitative estimate of drug-likeness (QED) is 0.684. The van der Waals surface area contributed by atoms with Gasteiger partial charge in [0.2, 0.25) is 0 Å². The predicted molar refractivity (Wildman–Crippen MR) is 115 cm³/mol. The topological polar surface area (TPSA) is 38.3 Å². The van der Waals surface area contributed by atoms with Crippen molar-refractivity contribution in [2.75, 3.05) is 6.61 Å². The number of thiophene rings is 1. The third-order valence-corrected chi connectivity index (χ3v) is 7.69. The van der Waals surface area contributed by atoms with Crippen LogP contribution in [0.4, 0.5) is 4.79 Å². The highest BCUT2D eigenvalue weighted by Crippen LogP contribution is 2.45. The second-order valence-corrected chi connectivity index (χ2v) is 9.68. The minimum absolute atomic E-state index is 0.127. The number of hydrogen-bond acceptors (Lipinski definition) is 3. The number of unbranched alkanes of at least 4 members (excludes halogenated alkanes) is 1. The molecule has 0 unspecified atom stereocenters. The van der Waals surface area contributed by atoms with Crippen molar-refractivity contribution in [3.05, 3.63) is 51.2 Å². The molecule has 2 atom stereocenters. The second-order valence-electron chi connectivity index (χ2n) is 8.51. The molecule has 1 spiro atoms. The van der Waals surface area contributed by atoms with Crippen molar-refractivity contribution in [2.45, 2.75) is 63.3 Å². The van der Waals surface area contributed by atoms with Crippen molar-refractivity contribution in [3.63, 3.8) is 0 Å². The Morgan fingerprint density at radius 3 is 3.04 bits per heavy atom. The van der Waals surface area contributed by atoms with E-state index >= 15 is 0 Å². The van der Waals surface area contributed by atoms with Crippen LogP contribution in [0.3, 0.4) is 0 Å². The summed E-state index contributed by atoms with van der Waals surface area (Å²) < 4.78 is 5.19. The maximum atomic E-state index is 11.5. The summed E-state index contributed by atoms with van der Waals surface area (Å²) in [6.07, 6.45) is 12.1. The highest BCUT2D eigenvalue weighted by Gasteiger charge is 2.46. The number of fused-ring (bicyclic) bond motifs is 3. The molecule has 1 amide bonds. The molecule has 3 aliphatic rings.